The van der Waals surface area contributed by atoms with E-state index in [-0.39, 0.29) is 30.0 Å². The summed E-state index contributed by atoms with van der Waals surface area (Å²) in [6.45, 7) is 13.5. The summed E-state index contributed by atoms with van der Waals surface area (Å²) in [6, 6.07) is 8.56. The minimum absolute atomic E-state index is 0. The van der Waals surface area contributed by atoms with Gasteiger partial charge >= 0.3 is 0 Å². The first kappa shape index (κ1) is 25.0. The monoisotopic (exact) mass is 502 g/mol. The highest BCUT2D eigenvalue weighted by atomic mass is 127. The van der Waals surface area contributed by atoms with Crippen molar-refractivity contribution in [3.05, 3.63) is 29.8 Å². The van der Waals surface area contributed by atoms with Crippen molar-refractivity contribution in [3.8, 4) is 5.75 Å². The van der Waals surface area contributed by atoms with Crippen LogP contribution in [0.15, 0.2) is 29.3 Å². The third kappa shape index (κ3) is 8.99. The number of ether oxygens (including phenoxy) is 1. The molecule has 1 aromatic carbocycles. The van der Waals surface area contributed by atoms with Gasteiger partial charge in [-0.2, -0.15) is 0 Å². The van der Waals surface area contributed by atoms with E-state index >= 15 is 0 Å². The normalized spacial score (nSPS) is 19.1. The second kappa shape index (κ2) is 13.2. The Balaban J connectivity index is 0.00000392. The van der Waals surface area contributed by atoms with Gasteiger partial charge in [-0.05, 0) is 69.8 Å². The fourth-order valence-electron chi connectivity index (χ4n) is 3.37. The predicted molar refractivity (Wildman–Crippen MR) is 130 cm³/mol. The maximum atomic E-state index is 5.78. The lowest BCUT2D eigenvalue weighted by molar-refractivity contribution is 0.214. The van der Waals surface area contributed by atoms with Gasteiger partial charge in [0.1, 0.15) is 5.75 Å². The van der Waals surface area contributed by atoms with Crippen LogP contribution in [0, 0.1) is 11.8 Å². The molecule has 1 aliphatic rings. The van der Waals surface area contributed by atoms with Gasteiger partial charge < -0.3 is 20.3 Å². The van der Waals surface area contributed by atoms with E-state index in [0.717, 1.165) is 38.0 Å². The lowest BCUT2D eigenvalue weighted by Gasteiger charge is -2.29. The lowest BCUT2D eigenvalue weighted by Crippen LogP contribution is -2.40. The molecule has 0 bridgehead atoms. The molecular formula is C22H39IN4O. The summed E-state index contributed by atoms with van der Waals surface area (Å²) in [4.78, 5) is 7.26. The molecule has 1 saturated heterocycles. The van der Waals surface area contributed by atoms with Crippen LogP contribution in [0.5, 0.6) is 5.75 Å². The number of halogens is 1. The van der Waals surface area contributed by atoms with Crippen molar-refractivity contribution < 1.29 is 4.74 Å². The molecule has 0 aliphatic carbocycles. The molecule has 0 spiro atoms. The van der Waals surface area contributed by atoms with Crippen molar-refractivity contribution in [1.82, 2.24) is 15.5 Å². The number of hydrogen-bond acceptors (Lipinski definition) is 3. The van der Waals surface area contributed by atoms with E-state index in [9.17, 15) is 0 Å². The Morgan fingerprint density at radius 1 is 1.25 bits per heavy atom. The Kier molecular flexibility index (Phi) is 11.8. The SMILES string of the molecule is CCNC(=NCC1CCCN(C)C1)NC(C)c1ccc(OCC(C)C)cc1.I. The molecule has 1 aliphatic heterocycles. The molecule has 2 N–H and O–H groups in total. The molecule has 0 saturated carbocycles. The third-order valence-electron chi connectivity index (χ3n) is 4.89. The molecule has 1 aromatic rings. The standard InChI is InChI=1S/C22H38N4O.HI/c1-6-23-22(24-14-19-8-7-13-26(5)15-19)25-18(4)20-9-11-21(12-10-20)27-16-17(2)3;/h9-12,17-19H,6-8,13-16H2,1-5H3,(H2,23,24,25);1H. The van der Waals surface area contributed by atoms with E-state index in [4.69, 9.17) is 9.73 Å². The Morgan fingerprint density at radius 2 is 1.96 bits per heavy atom. The first-order valence-corrected chi connectivity index (χ1v) is 10.4. The average molecular weight is 502 g/mol. The first-order chi connectivity index (χ1) is 13.0. The van der Waals surface area contributed by atoms with Crippen molar-refractivity contribution in [3.63, 3.8) is 0 Å². The zero-order chi connectivity index (χ0) is 19.6. The Hall–Kier alpha value is -1.02. The Bertz CT molecular complexity index is 576. The molecule has 2 atom stereocenters. The molecule has 6 heteroatoms. The lowest BCUT2D eigenvalue weighted by atomic mass is 9.99. The van der Waals surface area contributed by atoms with Crippen LogP contribution in [0.2, 0.25) is 0 Å². The molecule has 0 radical (unpaired) electrons. The summed E-state index contributed by atoms with van der Waals surface area (Å²) >= 11 is 0. The van der Waals surface area contributed by atoms with Crippen LogP contribution in [0.4, 0.5) is 0 Å². The van der Waals surface area contributed by atoms with Crippen LogP contribution in [-0.4, -0.2) is 50.7 Å². The molecule has 28 heavy (non-hydrogen) atoms. The van der Waals surface area contributed by atoms with Gasteiger partial charge in [-0.25, -0.2) is 0 Å². The van der Waals surface area contributed by atoms with E-state index in [2.05, 4.69) is 74.5 Å². The fraction of sp³-hybridized carbons (Fsp3) is 0.682. The molecular weight excluding hydrogens is 463 g/mol. The first-order valence-electron chi connectivity index (χ1n) is 10.4. The fourth-order valence-corrected chi connectivity index (χ4v) is 3.37. The largest absolute Gasteiger partial charge is 0.493 e. The molecule has 1 fully saturated rings. The topological polar surface area (TPSA) is 48.9 Å². The smallest absolute Gasteiger partial charge is 0.191 e. The number of guanidine groups is 1. The van der Waals surface area contributed by atoms with Crippen LogP contribution < -0.4 is 15.4 Å². The van der Waals surface area contributed by atoms with Crippen LogP contribution >= 0.6 is 24.0 Å². The van der Waals surface area contributed by atoms with Crippen LogP contribution in [0.3, 0.4) is 0 Å². The quantitative estimate of drug-likeness (QED) is 0.316. The Labute approximate surface area is 188 Å². The predicted octanol–water partition coefficient (Wildman–Crippen LogP) is 4.30. The van der Waals surface area contributed by atoms with Crippen molar-refractivity contribution in [2.24, 2.45) is 16.8 Å². The van der Waals surface area contributed by atoms with Crippen LogP contribution in [0.25, 0.3) is 0 Å². The van der Waals surface area contributed by atoms with Gasteiger partial charge in [0.05, 0.1) is 12.6 Å². The maximum Gasteiger partial charge on any atom is 0.191 e. The van der Waals surface area contributed by atoms with Crippen molar-refractivity contribution >= 4 is 29.9 Å². The number of benzene rings is 1. The number of likely N-dealkylation sites (tertiary alicyclic amines) is 1. The molecule has 1 heterocycles. The number of rotatable bonds is 8. The van der Waals surface area contributed by atoms with Crippen LogP contribution in [0.1, 0.15) is 52.1 Å². The van der Waals surface area contributed by atoms with Gasteiger partial charge in [0.25, 0.3) is 0 Å². The van der Waals surface area contributed by atoms with Gasteiger partial charge in [-0.15, -0.1) is 24.0 Å². The molecule has 0 aromatic heterocycles. The summed E-state index contributed by atoms with van der Waals surface area (Å²) in [5.74, 6) is 3.03. The third-order valence-corrected chi connectivity index (χ3v) is 4.89. The van der Waals surface area contributed by atoms with E-state index in [0.29, 0.717) is 11.8 Å². The van der Waals surface area contributed by atoms with E-state index in [1.165, 1.54) is 24.9 Å². The highest BCUT2D eigenvalue weighted by Crippen LogP contribution is 2.19. The second-order valence-electron chi connectivity index (χ2n) is 8.13. The van der Waals surface area contributed by atoms with Crippen molar-refractivity contribution in [2.45, 2.75) is 46.6 Å². The summed E-state index contributed by atoms with van der Waals surface area (Å²) < 4.78 is 5.78. The molecule has 5 nitrogen and oxygen atoms in total. The minimum atomic E-state index is 0. The molecule has 2 rings (SSSR count). The van der Waals surface area contributed by atoms with Crippen molar-refractivity contribution in [2.75, 3.05) is 39.8 Å². The number of hydrogen-bond donors (Lipinski definition) is 2. The summed E-state index contributed by atoms with van der Waals surface area (Å²) in [5.41, 5.74) is 1.23. The Morgan fingerprint density at radius 3 is 2.57 bits per heavy atom. The van der Waals surface area contributed by atoms with Gasteiger partial charge in [0, 0.05) is 19.6 Å². The van der Waals surface area contributed by atoms with E-state index in [1.807, 2.05) is 0 Å². The zero-order valence-corrected chi connectivity index (χ0v) is 20.5. The number of aliphatic imine (C=N–C) groups is 1. The summed E-state index contributed by atoms with van der Waals surface area (Å²) in [7, 11) is 2.20. The van der Waals surface area contributed by atoms with Gasteiger partial charge in [0.15, 0.2) is 5.96 Å². The van der Waals surface area contributed by atoms with Gasteiger partial charge in [0.2, 0.25) is 0 Å². The minimum Gasteiger partial charge on any atom is -0.493 e. The molecule has 160 valence electrons. The summed E-state index contributed by atoms with van der Waals surface area (Å²) in [6.07, 6.45) is 2.56. The average Bonchev–Trinajstić information content (AvgIpc) is 2.65. The second-order valence-corrected chi connectivity index (χ2v) is 8.13. The van der Waals surface area contributed by atoms with Gasteiger partial charge in [-0.3, -0.25) is 4.99 Å². The van der Waals surface area contributed by atoms with Gasteiger partial charge in [-0.1, -0.05) is 26.0 Å². The maximum absolute atomic E-state index is 5.78. The number of nitrogens with zero attached hydrogens (tertiary/aromatic N) is 2. The highest BCUT2D eigenvalue weighted by Gasteiger charge is 2.17. The van der Waals surface area contributed by atoms with Crippen molar-refractivity contribution in [1.29, 1.82) is 0 Å². The summed E-state index contributed by atoms with van der Waals surface area (Å²) in [5, 5.41) is 6.92. The molecule has 0 amide bonds. The number of nitrogens with one attached hydrogen (secondary N) is 2. The molecule has 2 unspecified atom stereocenters. The van der Waals surface area contributed by atoms with E-state index < -0.39 is 0 Å². The van der Waals surface area contributed by atoms with E-state index in [1.54, 1.807) is 0 Å². The zero-order valence-electron chi connectivity index (χ0n) is 18.2. The van der Waals surface area contributed by atoms with Crippen LogP contribution in [-0.2, 0) is 0 Å². The number of piperidine rings is 1. The highest BCUT2D eigenvalue weighted by molar-refractivity contribution is 14.0.